The monoisotopic (exact) mass is 420 g/mol. The lowest BCUT2D eigenvalue weighted by Gasteiger charge is -2.31. The van der Waals surface area contributed by atoms with Gasteiger partial charge in [0.1, 0.15) is 6.04 Å². The van der Waals surface area contributed by atoms with Crippen molar-refractivity contribution in [1.29, 1.82) is 0 Å². The van der Waals surface area contributed by atoms with Gasteiger partial charge >= 0.3 is 0 Å². The number of rotatable bonds is 9. The SMILES string of the molecule is CCCNC(=O)[C@@H](CC)N(Cc1ccc(Cl)cc1Cl)C(=O)Cc1ccccc1. The molecule has 0 aliphatic carbocycles. The van der Waals surface area contributed by atoms with E-state index in [0.29, 0.717) is 23.0 Å². The van der Waals surface area contributed by atoms with E-state index in [1.54, 1.807) is 23.1 Å². The maximum Gasteiger partial charge on any atom is 0.242 e. The van der Waals surface area contributed by atoms with E-state index in [-0.39, 0.29) is 24.8 Å². The molecule has 0 heterocycles. The highest BCUT2D eigenvalue weighted by molar-refractivity contribution is 6.35. The van der Waals surface area contributed by atoms with Crippen molar-refractivity contribution in [3.8, 4) is 0 Å². The van der Waals surface area contributed by atoms with Gasteiger partial charge < -0.3 is 10.2 Å². The van der Waals surface area contributed by atoms with Crippen LogP contribution in [0.1, 0.15) is 37.8 Å². The van der Waals surface area contributed by atoms with Crippen LogP contribution in [-0.2, 0) is 22.6 Å². The van der Waals surface area contributed by atoms with E-state index in [1.807, 2.05) is 44.2 Å². The fourth-order valence-corrected chi connectivity index (χ4v) is 3.46. The Morgan fingerprint density at radius 3 is 2.39 bits per heavy atom. The minimum absolute atomic E-state index is 0.115. The van der Waals surface area contributed by atoms with Crippen LogP contribution in [0.25, 0.3) is 0 Å². The quantitative estimate of drug-likeness (QED) is 0.628. The predicted molar refractivity (Wildman–Crippen MR) is 115 cm³/mol. The van der Waals surface area contributed by atoms with Gasteiger partial charge in [-0.05, 0) is 36.1 Å². The minimum atomic E-state index is -0.561. The number of halogens is 2. The first-order chi connectivity index (χ1) is 13.5. The molecule has 150 valence electrons. The van der Waals surface area contributed by atoms with E-state index in [2.05, 4.69) is 5.32 Å². The number of hydrogen-bond donors (Lipinski definition) is 1. The van der Waals surface area contributed by atoms with E-state index in [1.165, 1.54) is 0 Å². The van der Waals surface area contributed by atoms with E-state index >= 15 is 0 Å². The molecular formula is C22H26Cl2N2O2. The van der Waals surface area contributed by atoms with E-state index < -0.39 is 6.04 Å². The fourth-order valence-electron chi connectivity index (χ4n) is 2.99. The van der Waals surface area contributed by atoms with Crippen molar-refractivity contribution < 1.29 is 9.59 Å². The third-order valence-corrected chi connectivity index (χ3v) is 5.08. The van der Waals surface area contributed by atoms with Crippen LogP contribution in [0.4, 0.5) is 0 Å². The standard InChI is InChI=1S/C22H26Cl2N2O2/c1-3-12-25-22(28)20(4-2)26(15-17-10-11-18(23)14-19(17)24)21(27)13-16-8-6-5-7-9-16/h5-11,14,20H,3-4,12-13,15H2,1-2H3,(H,25,28)/t20-/m1/s1. The molecule has 0 saturated heterocycles. The molecule has 2 aromatic rings. The average Bonchev–Trinajstić information content (AvgIpc) is 2.68. The molecule has 2 amide bonds. The zero-order valence-corrected chi connectivity index (χ0v) is 17.8. The maximum atomic E-state index is 13.2. The molecule has 0 radical (unpaired) electrons. The number of carbonyl (C=O) groups excluding carboxylic acids is 2. The number of amides is 2. The summed E-state index contributed by atoms with van der Waals surface area (Å²) in [5.74, 6) is -0.258. The molecule has 28 heavy (non-hydrogen) atoms. The second-order valence-corrected chi connectivity index (χ2v) is 7.48. The van der Waals surface area contributed by atoms with Gasteiger partial charge in [0.05, 0.1) is 6.42 Å². The first-order valence-corrected chi connectivity index (χ1v) is 10.3. The van der Waals surface area contributed by atoms with Crippen LogP contribution in [0.3, 0.4) is 0 Å². The van der Waals surface area contributed by atoms with Gasteiger partial charge in [-0.3, -0.25) is 9.59 Å². The second kappa shape index (κ2) is 11.1. The van der Waals surface area contributed by atoms with Crippen LogP contribution >= 0.6 is 23.2 Å². The second-order valence-electron chi connectivity index (χ2n) is 6.63. The lowest BCUT2D eigenvalue weighted by atomic mass is 10.1. The van der Waals surface area contributed by atoms with Crippen molar-refractivity contribution in [1.82, 2.24) is 10.2 Å². The van der Waals surface area contributed by atoms with Crippen LogP contribution in [-0.4, -0.2) is 29.3 Å². The Kier molecular flexibility index (Phi) is 8.81. The summed E-state index contributed by atoms with van der Waals surface area (Å²) in [7, 11) is 0. The Balaban J connectivity index is 2.29. The molecule has 2 rings (SSSR count). The highest BCUT2D eigenvalue weighted by Crippen LogP contribution is 2.24. The Labute approximate surface area is 176 Å². The highest BCUT2D eigenvalue weighted by atomic mass is 35.5. The molecule has 4 nitrogen and oxygen atoms in total. The van der Waals surface area contributed by atoms with Gasteiger partial charge in [0.25, 0.3) is 0 Å². The predicted octanol–water partition coefficient (Wildman–Crippen LogP) is 4.87. The van der Waals surface area contributed by atoms with Crippen molar-refractivity contribution in [2.24, 2.45) is 0 Å². The van der Waals surface area contributed by atoms with Gasteiger partial charge in [-0.2, -0.15) is 0 Å². The molecule has 0 saturated carbocycles. The van der Waals surface area contributed by atoms with Gasteiger partial charge in [0.15, 0.2) is 0 Å². The third kappa shape index (κ3) is 6.25. The summed E-state index contributed by atoms with van der Waals surface area (Å²) in [5.41, 5.74) is 1.66. The van der Waals surface area contributed by atoms with Crippen molar-refractivity contribution in [2.75, 3.05) is 6.54 Å². The van der Waals surface area contributed by atoms with Crippen molar-refractivity contribution in [3.63, 3.8) is 0 Å². The molecule has 0 unspecified atom stereocenters. The molecule has 0 fully saturated rings. The Bertz CT molecular complexity index is 796. The Morgan fingerprint density at radius 2 is 1.79 bits per heavy atom. The number of benzene rings is 2. The van der Waals surface area contributed by atoms with Crippen LogP contribution in [0.15, 0.2) is 48.5 Å². The summed E-state index contributed by atoms with van der Waals surface area (Å²) < 4.78 is 0. The number of carbonyl (C=O) groups is 2. The van der Waals surface area contributed by atoms with Crippen LogP contribution in [0.5, 0.6) is 0 Å². The maximum absolute atomic E-state index is 13.2. The molecule has 1 N–H and O–H groups in total. The van der Waals surface area contributed by atoms with Crippen LogP contribution in [0.2, 0.25) is 10.0 Å². The summed E-state index contributed by atoms with van der Waals surface area (Å²) in [4.78, 5) is 27.5. The first-order valence-electron chi connectivity index (χ1n) is 9.51. The van der Waals surface area contributed by atoms with Crippen molar-refractivity contribution in [3.05, 3.63) is 69.7 Å². The molecular weight excluding hydrogens is 395 g/mol. The molecule has 0 aliphatic heterocycles. The van der Waals surface area contributed by atoms with Gasteiger partial charge in [-0.25, -0.2) is 0 Å². The zero-order chi connectivity index (χ0) is 20.5. The van der Waals surface area contributed by atoms with Crippen molar-refractivity contribution >= 4 is 35.0 Å². The lowest BCUT2D eigenvalue weighted by molar-refractivity contribution is -0.140. The molecule has 6 heteroatoms. The van der Waals surface area contributed by atoms with Gasteiger partial charge in [0.2, 0.25) is 11.8 Å². The number of nitrogens with zero attached hydrogens (tertiary/aromatic N) is 1. The van der Waals surface area contributed by atoms with Gasteiger partial charge in [0, 0.05) is 23.1 Å². The van der Waals surface area contributed by atoms with Crippen LogP contribution in [0, 0.1) is 0 Å². The zero-order valence-electron chi connectivity index (χ0n) is 16.3. The summed E-state index contributed by atoms with van der Waals surface area (Å²) in [6, 6.07) is 14.1. The van der Waals surface area contributed by atoms with E-state index in [9.17, 15) is 9.59 Å². The average molecular weight is 421 g/mol. The molecule has 0 bridgehead atoms. The highest BCUT2D eigenvalue weighted by Gasteiger charge is 2.28. The minimum Gasteiger partial charge on any atom is -0.354 e. The first kappa shape index (κ1) is 22.3. The van der Waals surface area contributed by atoms with Crippen molar-refractivity contribution in [2.45, 2.75) is 45.7 Å². The molecule has 2 aromatic carbocycles. The summed E-state index contributed by atoms with van der Waals surface area (Å²) in [5, 5.41) is 3.92. The normalized spacial score (nSPS) is 11.7. The van der Waals surface area contributed by atoms with Crippen LogP contribution < -0.4 is 5.32 Å². The molecule has 0 aliphatic rings. The topological polar surface area (TPSA) is 49.4 Å². The largest absolute Gasteiger partial charge is 0.354 e. The molecule has 1 atom stereocenters. The summed E-state index contributed by atoms with van der Waals surface area (Å²) in [6.45, 7) is 4.73. The Morgan fingerprint density at radius 1 is 1.07 bits per heavy atom. The van der Waals surface area contributed by atoms with E-state index in [0.717, 1.165) is 17.5 Å². The van der Waals surface area contributed by atoms with Gasteiger partial charge in [-0.15, -0.1) is 0 Å². The smallest absolute Gasteiger partial charge is 0.242 e. The lowest BCUT2D eigenvalue weighted by Crippen LogP contribution is -2.49. The van der Waals surface area contributed by atoms with E-state index in [4.69, 9.17) is 23.2 Å². The Hall–Kier alpha value is -2.04. The molecule has 0 spiro atoms. The fraction of sp³-hybridized carbons (Fsp3) is 0.364. The molecule has 0 aromatic heterocycles. The summed E-state index contributed by atoms with van der Waals surface area (Å²) >= 11 is 12.3. The number of nitrogens with one attached hydrogen (secondary N) is 1. The van der Waals surface area contributed by atoms with Gasteiger partial charge in [-0.1, -0.05) is 73.4 Å². The number of hydrogen-bond acceptors (Lipinski definition) is 2. The third-order valence-electron chi connectivity index (χ3n) is 4.49. The summed E-state index contributed by atoms with van der Waals surface area (Å²) in [6.07, 6.45) is 1.58.